The summed E-state index contributed by atoms with van der Waals surface area (Å²) in [6.45, 7) is 8.35. The number of carbonyl (C=O) groups is 2. The van der Waals surface area contributed by atoms with Crippen LogP contribution in [0.5, 0.6) is 0 Å². The van der Waals surface area contributed by atoms with E-state index in [9.17, 15) is 9.59 Å². The number of hydrogen-bond acceptors (Lipinski definition) is 3. The van der Waals surface area contributed by atoms with Gasteiger partial charge in [0, 0.05) is 36.4 Å². The van der Waals surface area contributed by atoms with Gasteiger partial charge in [0.1, 0.15) is 6.04 Å². The fourth-order valence-corrected chi connectivity index (χ4v) is 4.86. The van der Waals surface area contributed by atoms with Gasteiger partial charge in [-0.15, -0.1) is 0 Å². The van der Waals surface area contributed by atoms with Crippen LogP contribution in [0.4, 0.5) is 0 Å². The van der Waals surface area contributed by atoms with E-state index in [0.29, 0.717) is 25.1 Å². The highest BCUT2D eigenvalue weighted by molar-refractivity contribution is 7.98. The number of hydrogen-bond donors (Lipinski definition) is 1. The fourth-order valence-electron chi connectivity index (χ4n) is 3.96. The first-order valence-electron chi connectivity index (χ1n) is 12.5. The average Bonchev–Trinajstić information content (AvgIpc) is 2.85. The molecule has 0 aliphatic heterocycles. The number of amides is 2. The Bertz CT molecular complexity index is 1090. The van der Waals surface area contributed by atoms with Crippen molar-refractivity contribution in [3.05, 3.63) is 107 Å². The number of thioether (sulfide) groups is 1. The fraction of sp³-hybridized carbons (Fsp3) is 0.355. The van der Waals surface area contributed by atoms with Crippen LogP contribution in [0.2, 0.25) is 0 Å². The van der Waals surface area contributed by atoms with E-state index in [1.165, 1.54) is 11.1 Å². The first-order valence-corrected chi connectivity index (χ1v) is 13.7. The second-order valence-corrected chi connectivity index (χ2v) is 11.3. The van der Waals surface area contributed by atoms with E-state index < -0.39 is 11.6 Å². The maximum absolute atomic E-state index is 13.7. The Morgan fingerprint density at radius 2 is 1.42 bits per heavy atom. The minimum atomic E-state index is -0.598. The van der Waals surface area contributed by atoms with Crippen LogP contribution in [0.1, 0.15) is 49.4 Å². The highest BCUT2D eigenvalue weighted by atomic mass is 32.2. The molecule has 3 aromatic carbocycles. The van der Waals surface area contributed by atoms with Crippen LogP contribution in [0, 0.1) is 6.92 Å². The van der Waals surface area contributed by atoms with E-state index >= 15 is 0 Å². The zero-order valence-corrected chi connectivity index (χ0v) is 22.7. The minimum Gasteiger partial charge on any atom is -0.350 e. The molecule has 0 fully saturated rings. The predicted octanol–water partition coefficient (Wildman–Crippen LogP) is 6.17. The summed E-state index contributed by atoms with van der Waals surface area (Å²) in [4.78, 5) is 29.0. The average molecular weight is 503 g/mol. The molecule has 0 aliphatic rings. The largest absolute Gasteiger partial charge is 0.350 e. The van der Waals surface area contributed by atoms with Gasteiger partial charge in [-0.1, -0.05) is 90.5 Å². The standard InChI is InChI=1S/C31H38N2O2S/c1-24-15-17-26(18-16-24)22-33(29(34)19-20-36-23-27-13-9-6-10-14-27)28(30(35)32-31(2,3)4)21-25-11-7-5-8-12-25/h5-18,28H,19-23H2,1-4H3,(H,32,35). The van der Waals surface area contributed by atoms with Crippen LogP contribution in [0.3, 0.4) is 0 Å². The summed E-state index contributed by atoms with van der Waals surface area (Å²) >= 11 is 1.75. The summed E-state index contributed by atoms with van der Waals surface area (Å²) < 4.78 is 0. The number of benzene rings is 3. The number of aryl methyl sites for hydroxylation is 1. The van der Waals surface area contributed by atoms with Gasteiger partial charge in [0.15, 0.2) is 0 Å². The lowest BCUT2D eigenvalue weighted by Crippen LogP contribution is -2.54. The molecule has 0 aliphatic carbocycles. The minimum absolute atomic E-state index is 0.00104. The molecule has 1 unspecified atom stereocenters. The molecule has 5 heteroatoms. The van der Waals surface area contributed by atoms with E-state index in [2.05, 4.69) is 29.6 Å². The molecule has 0 spiro atoms. The van der Waals surface area contributed by atoms with E-state index in [-0.39, 0.29) is 11.8 Å². The molecular formula is C31H38N2O2S. The zero-order valence-electron chi connectivity index (χ0n) is 21.9. The van der Waals surface area contributed by atoms with Gasteiger partial charge in [0.25, 0.3) is 0 Å². The third-order valence-corrected chi connectivity index (χ3v) is 6.84. The Kier molecular flexibility index (Phi) is 10.2. The van der Waals surface area contributed by atoms with Crippen LogP contribution in [0.25, 0.3) is 0 Å². The van der Waals surface area contributed by atoms with Crippen molar-refractivity contribution in [3.63, 3.8) is 0 Å². The third kappa shape index (κ3) is 9.19. The summed E-state index contributed by atoms with van der Waals surface area (Å²) in [5.74, 6) is 1.45. The molecule has 4 nitrogen and oxygen atoms in total. The van der Waals surface area contributed by atoms with Crippen LogP contribution in [0.15, 0.2) is 84.9 Å². The van der Waals surface area contributed by atoms with Gasteiger partial charge in [0.2, 0.25) is 11.8 Å². The molecule has 2 amide bonds. The Labute approximate surface area is 220 Å². The molecule has 0 saturated heterocycles. The molecule has 3 aromatic rings. The molecule has 1 N–H and O–H groups in total. The number of nitrogens with zero attached hydrogens (tertiary/aromatic N) is 1. The SMILES string of the molecule is Cc1ccc(CN(C(=O)CCSCc2ccccc2)C(Cc2ccccc2)C(=O)NC(C)(C)C)cc1. The van der Waals surface area contributed by atoms with Crippen molar-refractivity contribution in [2.45, 2.75) is 64.4 Å². The van der Waals surface area contributed by atoms with E-state index in [1.807, 2.05) is 88.4 Å². The van der Waals surface area contributed by atoms with E-state index in [0.717, 1.165) is 16.9 Å². The molecule has 190 valence electrons. The summed E-state index contributed by atoms with van der Waals surface area (Å²) in [6, 6.07) is 27.8. The molecule has 0 bridgehead atoms. The summed E-state index contributed by atoms with van der Waals surface area (Å²) in [5, 5.41) is 3.12. The Balaban J connectivity index is 1.81. The topological polar surface area (TPSA) is 49.4 Å². The zero-order chi connectivity index (χ0) is 26.0. The lowest BCUT2D eigenvalue weighted by molar-refractivity contribution is -0.141. The summed E-state index contributed by atoms with van der Waals surface area (Å²) in [5.41, 5.74) is 4.08. The van der Waals surface area contributed by atoms with E-state index in [4.69, 9.17) is 0 Å². The van der Waals surface area contributed by atoms with Crippen molar-refractivity contribution in [3.8, 4) is 0 Å². The Morgan fingerprint density at radius 3 is 2.00 bits per heavy atom. The van der Waals surface area contributed by atoms with Gasteiger partial charge in [-0.3, -0.25) is 9.59 Å². The monoisotopic (exact) mass is 502 g/mol. The lowest BCUT2D eigenvalue weighted by Gasteiger charge is -2.34. The Morgan fingerprint density at radius 1 is 0.833 bits per heavy atom. The molecule has 1 atom stereocenters. The van der Waals surface area contributed by atoms with E-state index in [1.54, 1.807) is 16.7 Å². The maximum atomic E-state index is 13.7. The summed E-state index contributed by atoms with van der Waals surface area (Å²) in [7, 11) is 0. The first-order chi connectivity index (χ1) is 17.2. The van der Waals surface area contributed by atoms with Crippen molar-refractivity contribution in [1.29, 1.82) is 0 Å². The van der Waals surface area contributed by atoms with Gasteiger partial charge < -0.3 is 10.2 Å². The number of nitrogens with one attached hydrogen (secondary N) is 1. The first kappa shape index (κ1) is 27.5. The highest BCUT2D eigenvalue weighted by Crippen LogP contribution is 2.19. The van der Waals surface area contributed by atoms with Crippen LogP contribution >= 0.6 is 11.8 Å². The Hall–Kier alpha value is -3.05. The number of carbonyl (C=O) groups excluding carboxylic acids is 2. The normalized spacial score (nSPS) is 12.1. The number of rotatable bonds is 11. The van der Waals surface area contributed by atoms with Crippen molar-refractivity contribution in [2.24, 2.45) is 0 Å². The quantitative estimate of drug-likeness (QED) is 0.319. The van der Waals surface area contributed by atoms with Crippen molar-refractivity contribution < 1.29 is 9.59 Å². The third-order valence-electron chi connectivity index (χ3n) is 5.81. The highest BCUT2D eigenvalue weighted by Gasteiger charge is 2.32. The molecule has 0 aromatic heterocycles. The van der Waals surface area contributed by atoms with Crippen molar-refractivity contribution in [2.75, 3.05) is 5.75 Å². The molecule has 3 rings (SSSR count). The molecule has 36 heavy (non-hydrogen) atoms. The maximum Gasteiger partial charge on any atom is 0.243 e. The van der Waals surface area contributed by atoms with Gasteiger partial charge in [0.05, 0.1) is 0 Å². The molecule has 0 heterocycles. The van der Waals surface area contributed by atoms with Gasteiger partial charge >= 0.3 is 0 Å². The van der Waals surface area contributed by atoms with Gasteiger partial charge in [-0.05, 0) is 44.4 Å². The second-order valence-electron chi connectivity index (χ2n) is 10.2. The molecule has 0 saturated carbocycles. The smallest absolute Gasteiger partial charge is 0.243 e. The predicted molar refractivity (Wildman–Crippen MR) is 151 cm³/mol. The van der Waals surface area contributed by atoms with Crippen LogP contribution in [-0.4, -0.2) is 34.0 Å². The molecular weight excluding hydrogens is 464 g/mol. The summed E-state index contributed by atoms with van der Waals surface area (Å²) in [6.07, 6.45) is 0.856. The lowest BCUT2D eigenvalue weighted by atomic mass is 10.0. The second kappa shape index (κ2) is 13.3. The molecule has 0 radical (unpaired) electrons. The van der Waals surface area contributed by atoms with Crippen molar-refractivity contribution >= 4 is 23.6 Å². The van der Waals surface area contributed by atoms with Gasteiger partial charge in [-0.25, -0.2) is 0 Å². The van der Waals surface area contributed by atoms with Crippen molar-refractivity contribution in [1.82, 2.24) is 10.2 Å². The van der Waals surface area contributed by atoms with Crippen LogP contribution in [-0.2, 0) is 28.3 Å². The van der Waals surface area contributed by atoms with Gasteiger partial charge in [-0.2, -0.15) is 11.8 Å². The van der Waals surface area contributed by atoms with Crippen LogP contribution < -0.4 is 5.32 Å².